The minimum Gasteiger partial charge on any atom is -0.493 e. The summed E-state index contributed by atoms with van der Waals surface area (Å²) in [5.74, 6) is 0.792. The van der Waals surface area contributed by atoms with Gasteiger partial charge in [-0.25, -0.2) is 0 Å². The summed E-state index contributed by atoms with van der Waals surface area (Å²) < 4.78 is 5.61. The molecule has 1 aliphatic rings. The number of ether oxygens (including phenoxy) is 1. The predicted octanol–water partition coefficient (Wildman–Crippen LogP) is 2.14. The van der Waals surface area contributed by atoms with Gasteiger partial charge in [-0.3, -0.25) is 9.59 Å². The van der Waals surface area contributed by atoms with Crippen LogP contribution in [0.1, 0.15) is 33.1 Å². The standard InChI is InChI=1S/C21H33N3O3/c1-21(2,15-22)16-23(3)20(26)17-8-7-12-24(14-17)19(25)11-13-27-18-9-5-4-6-10-18/h4-6,9-10,17H,7-8,11-16,22H2,1-3H3. The largest absolute Gasteiger partial charge is 0.493 e. The first-order valence-electron chi connectivity index (χ1n) is 9.73. The molecular weight excluding hydrogens is 342 g/mol. The van der Waals surface area contributed by atoms with Gasteiger partial charge in [-0.15, -0.1) is 0 Å². The molecule has 1 heterocycles. The summed E-state index contributed by atoms with van der Waals surface area (Å²) in [6.45, 7) is 6.82. The molecule has 1 unspecified atom stereocenters. The van der Waals surface area contributed by atoms with Crippen molar-refractivity contribution in [3.8, 4) is 5.75 Å². The van der Waals surface area contributed by atoms with Crippen molar-refractivity contribution < 1.29 is 14.3 Å². The molecule has 2 N–H and O–H groups in total. The summed E-state index contributed by atoms with van der Waals surface area (Å²) in [7, 11) is 1.83. The lowest BCUT2D eigenvalue weighted by atomic mass is 9.91. The molecule has 150 valence electrons. The maximum Gasteiger partial charge on any atom is 0.227 e. The highest BCUT2D eigenvalue weighted by Crippen LogP contribution is 2.22. The third-order valence-electron chi connectivity index (χ3n) is 5.05. The van der Waals surface area contributed by atoms with Crippen LogP contribution < -0.4 is 10.5 Å². The third-order valence-corrected chi connectivity index (χ3v) is 5.05. The number of likely N-dealkylation sites (tertiary alicyclic amines) is 1. The molecule has 1 atom stereocenters. The second-order valence-corrected chi connectivity index (χ2v) is 8.15. The molecule has 0 spiro atoms. The quantitative estimate of drug-likeness (QED) is 0.755. The molecule has 1 aromatic carbocycles. The lowest BCUT2D eigenvalue weighted by Gasteiger charge is -2.36. The maximum absolute atomic E-state index is 12.8. The SMILES string of the molecule is CN(CC(C)(C)CN)C(=O)C1CCCN(C(=O)CCOc2ccccc2)C1. The number of carbonyl (C=O) groups is 2. The number of para-hydroxylation sites is 1. The monoisotopic (exact) mass is 375 g/mol. The number of amides is 2. The lowest BCUT2D eigenvalue weighted by molar-refractivity contribution is -0.141. The summed E-state index contributed by atoms with van der Waals surface area (Å²) in [6.07, 6.45) is 2.01. The number of piperidine rings is 1. The number of hydrogen-bond acceptors (Lipinski definition) is 4. The van der Waals surface area contributed by atoms with Crippen molar-refractivity contribution in [1.82, 2.24) is 9.80 Å². The highest BCUT2D eigenvalue weighted by atomic mass is 16.5. The normalized spacial score (nSPS) is 17.5. The van der Waals surface area contributed by atoms with Gasteiger partial charge in [-0.05, 0) is 36.9 Å². The Morgan fingerprint density at radius 2 is 2.00 bits per heavy atom. The Balaban J connectivity index is 1.81. The first-order valence-corrected chi connectivity index (χ1v) is 9.73. The Morgan fingerprint density at radius 3 is 2.67 bits per heavy atom. The van der Waals surface area contributed by atoms with Gasteiger partial charge in [0.15, 0.2) is 0 Å². The van der Waals surface area contributed by atoms with Crippen molar-refractivity contribution in [1.29, 1.82) is 0 Å². The topological polar surface area (TPSA) is 75.9 Å². The molecule has 0 bridgehead atoms. The molecule has 2 amide bonds. The van der Waals surface area contributed by atoms with E-state index in [2.05, 4.69) is 13.8 Å². The molecule has 1 aromatic rings. The van der Waals surface area contributed by atoms with E-state index in [1.165, 1.54) is 0 Å². The second-order valence-electron chi connectivity index (χ2n) is 8.15. The molecule has 1 aliphatic heterocycles. The minimum atomic E-state index is -0.128. The first kappa shape index (κ1) is 21.2. The molecule has 1 saturated heterocycles. The fourth-order valence-corrected chi connectivity index (χ4v) is 3.43. The van der Waals surface area contributed by atoms with Gasteiger partial charge in [0.1, 0.15) is 5.75 Å². The summed E-state index contributed by atoms with van der Waals surface area (Å²) in [5, 5.41) is 0. The number of benzene rings is 1. The molecule has 6 heteroatoms. The fourth-order valence-electron chi connectivity index (χ4n) is 3.43. The van der Waals surface area contributed by atoms with Crippen LogP contribution in [0.3, 0.4) is 0 Å². The number of nitrogens with two attached hydrogens (primary N) is 1. The van der Waals surface area contributed by atoms with Crippen LogP contribution in [0.15, 0.2) is 30.3 Å². The Morgan fingerprint density at radius 1 is 1.30 bits per heavy atom. The van der Waals surface area contributed by atoms with E-state index in [0.717, 1.165) is 18.6 Å². The highest BCUT2D eigenvalue weighted by Gasteiger charge is 2.31. The molecule has 2 rings (SSSR count). The van der Waals surface area contributed by atoms with E-state index < -0.39 is 0 Å². The molecule has 0 radical (unpaired) electrons. The zero-order valence-electron chi connectivity index (χ0n) is 16.8. The van der Waals surface area contributed by atoms with E-state index >= 15 is 0 Å². The average Bonchev–Trinajstić information content (AvgIpc) is 2.68. The number of hydrogen-bond donors (Lipinski definition) is 1. The number of carbonyl (C=O) groups excluding carboxylic acids is 2. The van der Waals surface area contributed by atoms with Crippen molar-refractivity contribution in [2.24, 2.45) is 17.1 Å². The molecular formula is C21H33N3O3. The predicted molar refractivity (Wildman–Crippen MR) is 106 cm³/mol. The van der Waals surface area contributed by atoms with Gasteiger partial charge >= 0.3 is 0 Å². The van der Waals surface area contributed by atoms with Gasteiger partial charge in [-0.1, -0.05) is 32.0 Å². The van der Waals surface area contributed by atoms with Crippen LogP contribution in [0.5, 0.6) is 5.75 Å². The van der Waals surface area contributed by atoms with Crippen molar-refractivity contribution in [3.63, 3.8) is 0 Å². The fraction of sp³-hybridized carbons (Fsp3) is 0.619. The van der Waals surface area contributed by atoms with Crippen LogP contribution >= 0.6 is 0 Å². The molecule has 1 fully saturated rings. The van der Waals surface area contributed by atoms with Gasteiger partial charge in [0.25, 0.3) is 0 Å². The Kier molecular flexibility index (Phi) is 7.66. The number of nitrogens with zero attached hydrogens (tertiary/aromatic N) is 2. The molecule has 6 nitrogen and oxygen atoms in total. The zero-order chi connectivity index (χ0) is 19.9. The van der Waals surface area contributed by atoms with Crippen molar-refractivity contribution in [3.05, 3.63) is 30.3 Å². The molecule has 27 heavy (non-hydrogen) atoms. The Hall–Kier alpha value is -2.08. The smallest absolute Gasteiger partial charge is 0.227 e. The second kappa shape index (κ2) is 9.74. The highest BCUT2D eigenvalue weighted by molar-refractivity contribution is 5.81. The van der Waals surface area contributed by atoms with E-state index in [-0.39, 0.29) is 23.1 Å². The zero-order valence-corrected chi connectivity index (χ0v) is 16.8. The number of rotatable bonds is 8. The first-order chi connectivity index (χ1) is 12.8. The van der Waals surface area contributed by atoms with E-state index in [0.29, 0.717) is 39.2 Å². The van der Waals surface area contributed by atoms with Gasteiger partial charge in [0, 0.05) is 26.7 Å². The maximum atomic E-state index is 12.8. The van der Waals surface area contributed by atoms with Crippen LogP contribution in [-0.4, -0.2) is 61.4 Å². The van der Waals surface area contributed by atoms with Gasteiger partial charge in [-0.2, -0.15) is 0 Å². The molecule has 0 saturated carbocycles. The summed E-state index contributed by atoms with van der Waals surface area (Å²) in [6, 6.07) is 9.48. The van der Waals surface area contributed by atoms with E-state index in [9.17, 15) is 9.59 Å². The van der Waals surface area contributed by atoms with E-state index in [1.807, 2.05) is 42.3 Å². The van der Waals surface area contributed by atoms with Crippen LogP contribution in [-0.2, 0) is 9.59 Å². The Labute approximate surface area is 162 Å². The van der Waals surface area contributed by atoms with Gasteiger partial charge < -0.3 is 20.3 Å². The average molecular weight is 376 g/mol. The summed E-state index contributed by atoms with van der Waals surface area (Å²) in [4.78, 5) is 28.9. The van der Waals surface area contributed by atoms with E-state index in [4.69, 9.17) is 10.5 Å². The third kappa shape index (κ3) is 6.54. The van der Waals surface area contributed by atoms with E-state index in [1.54, 1.807) is 4.90 Å². The van der Waals surface area contributed by atoms with Crippen molar-refractivity contribution >= 4 is 11.8 Å². The molecule has 0 aromatic heterocycles. The lowest BCUT2D eigenvalue weighted by Crippen LogP contribution is -2.48. The van der Waals surface area contributed by atoms with Crippen LogP contribution in [0.25, 0.3) is 0 Å². The summed E-state index contributed by atoms with van der Waals surface area (Å²) >= 11 is 0. The minimum absolute atomic E-state index is 0.0494. The van der Waals surface area contributed by atoms with Crippen LogP contribution in [0.2, 0.25) is 0 Å². The van der Waals surface area contributed by atoms with Crippen molar-refractivity contribution in [2.45, 2.75) is 33.1 Å². The molecule has 0 aliphatic carbocycles. The van der Waals surface area contributed by atoms with Gasteiger partial charge in [0.05, 0.1) is 18.9 Å². The summed E-state index contributed by atoms with van der Waals surface area (Å²) in [5.41, 5.74) is 5.67. The van der Waals surface area contributed by atoms with Crippen LogP contribution in [0, 0.1) is 11.3 Å². The van der Waals surface area contributed by atoms with Crippen LogP contribution in [0.4, 0.5) is 0 Å². The van der Waals surface area contributed by atoms with Crippen molar-refractivity contribution in [2.75, 3.05) is 39.8 Å². The van der Waals surface area contributed by atoms with Gasteiger partial charge in [0.2, 0.25) is 11.8 Å². The Bertz CT molecular complexity index is 618.